The third-order valence-corrected chi connectivity index (χ3v) is 3.14. The van der Waals surface area contributed by atoms with Crippen LogP contribution in [-0.2, 0) is 4.79 Å². The molecule has 18 heavy (non-hydrogen) atoms. The maximum absolute atomic E-state index is 13.3. The lowest BCUT2D eigenvalue weighted by Crippen LogP contribution is -2.40. The van der Waals surface area contributed by atoms with Crippen molar-refractivity contribution in [1.29, 1.82) is 5.26 Å². The molecule has 3 nitrogen and oxygen atoms in total. The van der Waals surface area contributed by atoms with E-state index in [1.165, 1.54) is 0 Å². The zero-order chi connectivity index (χ0) is 13.3. The van der Waals surface area contributed by atoms with Gasteiger partial charge < -0.3 is 5.32 Å². The summed E-state index contributed by atoms with van der Waals surface area (Å²) in [7, 11) is 0. The highest BCUT2D eigenvalue weighted by molar-refractivity contribution is 5.97. The summed E-state index contributed by atoms with van der Waals surface area (Å²) in [5.74, 6) is -5.12. The van der Waals surface area contributed by atoms with Gasteiger partial charge in [0.2, 0.25) is 5.91 Å². The SMILES string of the molecule is N#CC1(C(=O)Nc2ccc(F)c(F)c2F)CCC1. The molecule has 1 aliphatic rings. The fourth-order valence-electron chi connectivity index (χ4n) is 1.78. The predicted octanol–water partition coefficient (Wildman–Crippen LogP) is 2.74. The molecule has 1 amide bonds. The molecule has 0 atom stereocenters. The molecule has 0 unspecified atom stereocenters. The second-order valence-corrected chi connectivity index (χ2v) is 4.22. The summed E-state index contributed by atoms with van der Waals surface area (Å²) in [5, 5.41) is 11.0. The maximum Gasteiger partial charge on any atom is 0.244 e. The van der Waals surface area contributed by atoms with Crippen molar-refractivity contribution >= 4 is 11.6 Å². The van der Waals surface area contributed by atoms with E-state index in [9.17, 15) is 18.0 Å². The largest absolute Gasteiger partial charge is 0.322 e. The molecule has 0 saturated heterocycles. The van der Waals surface area contributed by atoms with E-state index in [2.05, 4.69) is 5.32 Å². The van der Waals surface area contributed by atoms with Crippen LogP contribution in [0.2, 0.25) is 0 Å². The Bertz CT molecular complexity index is 547. The molecule has 0 spiro atoms. The molecule has 1 fully saturated rings. The van der Waals surface area contributed by atoms with E-state index < -0.39 is 34.5 Å². The summed E-state index contributed by atoms with van der Waals surface area (Å²) < 4.78 is 39.0. The average molecular weight is 254 g/mol. The summed E-state index contributed by atoms with van der Waals surface area (Å²) in [4.78, 5) is 11.8. The monoisotopic (exact) mass is 254 g/mol. The van der Waals surface area contributed by atoms with Crippen LogP contribution in [0.3, 0.4) is 0 Å². The van der Waals surface area contributed by atoms with Gasteiger partial charge in [0.15, 0.2) is 17.5 Å². The molecule has 0 aromatic heterocycles. The number of nitrogens with zero attached hydrogens (tertiary/aromatic N) is 1. The van der Waals surface area contributed by atoms with Crippen molar-refractivity contribution in [2.45, 2.75) is 19.3 Å². The van der Waals surface area contributed by atoms with Crippen molar-refractivity contribution in [2.24, 2.45) is 5.41 Å². The third-order valence-electron chi connectivity index (χ3n) is 3.14. The van der Waals surface area contributed by atoms with Gasteiger partial charge in [-0.1, -0.05) is 0 Å². The number of carbonyl (C=O) groups is 1. The van der Waals surface area contributed by atoms with E-state index in [0.29, 0.717) is 18.9 Å². The second kappa shape index (κ2) is 4.33. The smallest absolute Gasteiger partial charge is 0.244 e. The number of carbonyl (C=O) groups excluding carboxylic acids is 1. The fraction of sp³-hybridized carbons (Fsp3) is 0.333. The quantitative estimate of drug-likeness (QED) is 0.825. The average Bonchev–Trinajstić information content (AvgIpc) is 2.29. The Kier molecular flexibility index (Phi) is 2.99. The number of halogens is 3. The van der Waals surface area contributed by atoms with Crippen LogP contribution >= 0.6 is 0 Å². The lowest BCUT2D eigenvalue weighted by molar-refractivity contribution is -0.126. The molecule has 1 aromatic carbocycles. The number of hydrogen-bond donors (Lipinski definition) is 1. The molecule has 94 valence electrons. The van der Waals surface area contributed by atoms with E-state index in [1.54, 1.807) is 0 Å². The van der Waals surface area contributed by atoms with Gasteiger partial charge in [-0.25, -0.2) is 13.2 Å². The molecular formula is C12H9F3N2O. The summed E-state index contributed by atoms with van der Waals surface area (Å²) in [6, 6.07) is 3.52. The van der Waals surface area contributed by atoms with Gasteiger partial charge in [0.05, 0.1) is 11.8 Å². The van der Waals surface area contributed by atoms with Gasteiger partial charge in [-0.15, -0.1) is 0 Å². The van der Waals surface area contributed by atoms with E-state index in [1.807, 2.05) is 6.07 Å². The van der Waals surface area contributed by atoms with Crippen LogP contribution in [0.25, 0.3) is 0 Å². The molecule has 2 rings (SSSR count). The zero-order valence-electron chi connectivity index (χ0n) is 9.27. The molecule has 1 N–H and O–H groups in total. The van der Waals surface area contributed by atoms with E-state index >= 15 is 0 Å². The first-order valence-corrected chi connectivity index (χ1v) is 5.36. The first kappa shape index (κ1) is 12.4. The van der Waals surface area contributed by atoms with Crippen molar-refractivity contribution in [1.82, 2.24) is 0 Å². The van der Waals surface area contributed by atoms with Gasteiger partial charge in [0.25, 0.3) is 0 Å². The zero-order valence-corrected chi connectivity index (χ0v) is 9.27. The summed E-state index contributed by atoms with van der Waals surface area (Å²) in [6.07, 6.45) is 1.52. The number of hydrogen-bond acceptors (Lipinski definition) is 2. The highest BCUT2D eigenvalue weighted by Crippen LogP contribution is 2.41. The number of nitriles is 1. The molecule has 0 aliphatic heterocycles. The minimum absolute atomic E-state index is 0.390. The standard InChI is InChI=1S/C12H9F3N2O/c13-7-2-3-8(10(15)9(7)14)17-11(18)12(6-16)4-1-5-12/h2-3H,1,4-5H2,(H,17,18). The number of nitrogens with one attached hydrogen (secondary N) is 1. The number of anilines is 1. The third kappa shape index (κ3) is 1.82. The minimum Gasteiger partial charge on any atom is -0.322 e. The van der Waals surface area contributed by atoms with Crippen LogP contribution in [0.1, 0.15) is 19.3 Å². The van der Waals surface area contributed by atoms with Crippen molar-refractivity contribution in [3.05, 3.63) is 29.6 Å². The Balaban J connectivity index is 2.23. The lowest BCUT2D eigenvalue weighted by atomic mass is 9.69. The summed E-state index contributed by atoms with van der Waals surface area (Å²) >= 11 is 0. The first-order chi connectivity index (χ1) is 8.50. The van der Waals surface area contributed by atoms with Crippen molar-refractivity contribution in [2.75, 3.05) is 5.32 Å². The molecular weight excluding hydrogens is 245 g/mol. The molecule has 6 heteroatoms. The van der Waals surface area contributed by atoms with Crippen LogP contribution in [-0.4, -0.2) is 5.91 Å². The van der Waals surface area contributed by atoms with E-state index in [0.717, 1.165) is 12.5 Å². The van der Waals surface area contributed by atoms with Gasteiger partial charge in [-0.05, 0) is 31.4 Å². The Labute approximate surface area is 101 Å². The Morgan fingerprint density at radius 2 is 1.94 bits per heavy atom. The van der Waals surface area contributed by atoms with Gasteiger partial charge >= 0.3 is 0 Å². The molecule has 1 aromatic rings. The highest BCUT2D eigenvalue weighted by atomic mass is 19.2. The lowest BCUT2D eigenvalue weighted by Gasteiger charge is -2.33. The second-order valence-electron chi connectivity index (χ2n) is 4.22. The minimum atomic E-state index is -1.65. The summed E-state index contributed by atoms with van der Waals surface area (Å²) in [6.45, 7) is 0. The molecule has 1 aliphatic carbocycles. The van der Waals surface area contributed by atoms with Crippen LogP contribution in [0.4, 0.5) is 18.9 Å². The van der Waals surface area contributed by atoms with Gasteiger partial charge in [-0.3, -0.25) is 4.79 Å². The Morgan fingerprint density at radius 1 is 1.28 bits per heavy atom. The fourth-order valence-corrected chi connectivity index (χ4v) is 1.78. The van der Waals surface area contributed by atoms with Crippen molar-refractivity contribution < 1.29 is 18.0 Å². The Hall–Kier alpha value is -2.03. The normalized spacial score (nSPS) is 16.6. The highest BCUT2D eigenvalue weighted by Gasteiger charge is 2.44. The molecule has 0 heterocycles. The summed E-state index contributed by atoms with van der Waals surface area (Å²) in [5.41, 5.74) is -1.63. The van der Waals surface area contributed by atoms with Crippen molar-refractivity contribution in [3.8, 4) is 6.07 Å². The number of amides is 1. The van der Waals surface area contributed by atoms with Gasteiger partial charge in [-0.2, -0.15) is 5.26 Å². The molecule has 1 saturated carbocycles. The predicted molar refractivity (Wildman–Crippen MR) is 56.8 cm³/mol. The first-order valence-electron chi connectivity index (χ1n) is 5.36. The van der Waals surface area contributed by atoms with Gasteiger partial charge in [0.1, 0.15) is 5.41 Å². The van der Waals surface area contributed by atoms with Gasteiger partial charge in [0, 0.05) is 0 Å². The number of benzene rings is 1. The molecule has 0 bridgehead atoms. The van der Waals surface area contributed by atoms with Crippen LogP contribution in [0, 0.1) is 34.2 Å². The van der Waals surface area contributed by atoms with E-state index in [4.69, 9.17) is 5.26 Å². The van der Waals surface area contributed by atoms with Crippen LogP contribution in [0.5, 0.6) is 0 Å². The molecule has 0 radical (unpaired) electrons. The number of rotatable bonds is 2. The topological polar surface area (TPSA) is 52.9 Å². The van der Waals surface area contributed by atoms with E-state index in [-0.39, 0.29) is 0 Å². The maximum atomic E-state index is 13.3. The Morgan fingerprint density at radius 3 is 2.44 bits per heavy atom. The van der Waals surface area contributed by atoms with Crippen molar-refractivity contribution in [3.63, 3.8) is 0 Å². The van der Waals surface area contributed by atoms with Crippen LogP contribution in [0.15, 0.2) is 12.1 Å². The van der Waals surface area contributed by atoms with Crippen LogP contribution < -0.4 is 5.32 Å².